The number of nitrogens with zero attached hydrogens (tertiary/aromatic N) is 2. The Morgan fingerprint density at radius 1 is 1.07 bits per heavy atom. The number of hydrogen-bond donors (Lipinski definition) is 3. The Morgan fingerprint density at radius 3 is 2.44 bits per heavy atom. The molecule has 7 heteroatoms. The summed E-state index contributed by atoms with van der Waals surface area (Å²) in [5, 5.41) is 4.09. The summed E-state index contributed by atoms with van der Waals surface area (Å²) in [5.74, 6) is -0.0940. The zero-order chi connectivity index (χ0) is 19.1. The van der Waals surface area contributed by atoms with Crippen molar-refractivity contribution in [1.29, 1.82) is 0 Å². The zero-order valence-electron chi connectivity index (χ0n) is 15.0. The van der Waals surface area contributed by atoms with Gasteiger partial charge >= 0.3 is 0 Å². The van der Waals surface area contributed by atoms with Crippen molar-refractivity contribution in [3.63, 3.8) is 0 Å². The molecule has 1 atom stereocenters. The molecule has 3 rings (SSSR count). The van der Waals surface area contributed by atoms with Gasteiger partial charge in [-0.05, 0) is 18.1 Å². The first kappa shape index (κ1) is 18.3. The Labute approximate surface area is 157 Å². The third-order valence-electron chi connectivity index (χ3n) is 4.08. The van der Waals surface area contributed by atoms with Gasteiger partial charge in [-0.1, -0.05) is 60.7 Å². The second kappa shape index (κ2) is 8.75. The molecule has 1 heterocycles. The predicted octanol–water partition coefficient (Wildman–Crippen LogP) is 1.56. The lowest BCUT2D eigenvalue weighted by atomic mass is 10.1. The molecule has 0 saturated heterocycles. The Morgan fingerprint density at radius 2 is 1.74 bits per heavy atom. The molecule has 0 saturated carbocycles. The van der Waals surface area contributed by atoms with Crippen LogP contribution in [0.5, 0.6) is 0 Å². The number of carbonyl (C=O) groups excluding carboxylic acids is 2. The topological polar surface area (TPSA) is 94.9 Å². The summed E-state index contributed by atoms with van der Waals surface area (Å²) in [4.78, 5) is 28.5. The average Bonchev–Trinajstić information content (AvgIpc) is 2.70. The molecular weight excluding hydrogens is 342 g/mol. The summed E-state index contributed by atoms with van der Waals surface area (Å²) < 4.78 is 0. The fourth-order valence-corrected chi connectivity index (χ4v) is 2.62. The van der Waals surface area contributed by atoms with Crippen molar-refractivity contribution < 1.29 is 9.59 Å². The number of rotatable bonds is 6. The minimum atomic E-state index is -0.780. The van der Waals surface area contributed by atoms with E-state index in [-0.39, 0.29) is 18.2 Å². The molecule has 2 aromatic carbocycles. The maximum Gasteiger partial charge on any atom is 0.263 e. The number of amidine groups is 1. The molecule has 0 bridgehead atoms. The molecule has 27 heavy (non-hydrogen) atoms. The highest BCUT2D eigenvalue weighted by Crippen LogP contribution is 2.07. The molecule has 2 amide bonds. The number of nitrogens with one attached hydrogen (secondary N) is 3. The standard InChI is InChI=1S/C20H21N5O2/c1-14(16-10-6-3-7-11-16)22-24-19(26)13-17-20(27)25-23-18(21-17)12-15-8-4-2-5-9-15/h2-11,17H,12-13H2,1H3,(H,21,23)(H,24,26)(H,25,27). The first-order valence-electron chi connectivity index (χ1n) is 8.67. The number of hydrogen-bond acceptors (Lipinski definition) is 5. The van der Waals surface area contributed by atoms with E-state index in [4.69, 9.17) is 0 Å². The molecule has 1 aliphatic heterocycles. The number of benzene rings is 2. The molecule has 0 radical (unpaired) electrons. The predicted molar refractivity (Wildman–Crippen MR) is 104 cm³/mol. The molecule has 0 aromatic heterocycles. The molecule has 0 spiro atoms. The summed E-state index contributed by atoms with van der Waals surface area (Å²) in [6.45, 7) is 1.81. The van der Waals surface area contributed by atoms with Crippen LogP contribution in [-0.4, -0.2) is 29.4 Å². The number of carbonyl (C=O) groups is 2. The molecule has 1 aliphatic rings. The van der Waals surface area contributed by atoms with Crippen LogP contribution < -0.4 is 16.3 Å². The second-order valence-corrected chi connectivity index (χ2v) is 6.17. The number of aliphatic imine (C=N–C) groups is 1. The third kappa shape index (κ3) is 5.24. The van der Waals surface area contributed by atoms with Crippen molar-refractivity contribution in [2.24, 2.45) is 10.1 Å². The molecular formula is C20H21N5O2. The lowest BCUT2D eigenvalue weighted by Gasteiger charge is -2.21. The maximum atomic E-state index is 12.2. The van der Waals surface area contributed by atoms with Crippen LogP contribution in [0.3, 0.4) is 0 Å². The highest BCUT2D eigenvalue weighted by molar-refractivity contribution is 6.00. The zero-order valence-corrected chi connectivity index (χ0v) is 15.0. The molecule has 3 N–H and O–H groups in total. The summed E-state index contributed by atoms with van der Waals surface area (Å²) in [7, 11) is 0. The Hall–Kier alpha value is -3.48. The van der Waals surface area contributed by atoms with E-state index in [2.05, 4.69) is 26.4 Å². The molecule has 2 aromatic rings. The minimum Gasteiger partial charge on any atom is -0.285 e. The van der Waals surface area contributed by atoms with E-state index in [1.165, 1.54) is 0 Å². The summed E-state index contributed by atoms with van der Waals surface area (Å²) in [5.41, 5.74) is 10.5. The van der Waals surface area contributed by atoms with Gasteiger partial charge in [0.05, 0.1) is 12.1 Å². The van der Waals surface area contributed by atoms with Gasteiger partial charge in [0.25, 0.3) is 5.91 Å². The van der Waals surface area contributed by atoms with Gasteiger partial charge < -0.3 is 0 Å². The second-order valence-electron chi connectivity index (χ2n) is 6.17. The van der Waals surface area contributed by atoms with Crippen molar-refractivity contribution in [3.8, 4) is 0 Å². The number of amides is 2. The first-order valence-corrected chi connectivity index (χ1v) is 8.67. The van der Waals surface area contributed by atoms with E-state index < -0.39 is 6.04 Å². The van der Waals surface area contributed by atoms with Gasteiger partial charge in [0.2, 0.25) is 5.91 Å². The van der Waals surface area contributed by atoms with Crippen molar-refractivity contribution in [2.75, 3.05) is 0 Å². The third-order valence-corrected chi connectivity index (χ3v) is 4.08. The average molecular weight is 363 g/mol. The number of hydrazine groups is 1. The fourth-order valence-electron chi connectivity index (χ4n) is 2.62. The van der Waals surface area contributed by atoms with E-state index in [1.54, 1.807) is 0 Å². The van der Waals surface area contributed by atoms with Gasteiger partial charge in [-0.3, -0.25) is 25.4 Å². The Kier molecular flexibility index (Phi) is 5.94. The van der Waals surface area contributed by atoms with Gasteiger partial charge in [0, 0.05) is 6.42 Å². The minimum absolute atomic E-state index is 0.0721. The molecule has 0 aliphatic carbocycles. The van der Waals surface area contributed by atoms with Gasteiger partial charge in [-0.15, -0.1) is 0 Å². The Balaban J connectivity index is 1.60. The lowest BCUT2D eigenvalue weighted by molar-refractivity contribution is -0.128. The molecule has 138 valence electrons. The van der Waals surface area contributed by atoms with Crippen LogP contribution >= 0.6 is 0 Å². The van der Waals surface area contributed by atoms with Crippen molar-refractivity contribution in [2.45, 2.75) is 25.8 Å². The maximum absolute atomic E-state index is 12.2. The smallest absolute Gasteiger partial charge is 0.263 e. The van der Waals surface area contributed by atoms with Gasteiger partial charge in [-0.2, -0.15) is 5.10 Å². The largest absolute Gasteiger partial charge is 0.285 e. The highest BCUT2D eigenvalue weighted by atomic mass is 16.2. The summed E-state index contributed by atoms with van der Waals surface area (Å²) in [6, 6.07) is 18.5. The van der Waals surface area contributed by atoms with Crippen LogP contribution in [0.1, 0.15) is 24.5 Å². The summed E-state index contributed by atoms with van der Waals surface area (Å²) in [6.07, 6.45) is 0.474. The van der Waals surface area contributed by atoms with Crippen LogP contribution in [0.4, 0.5) is 0 Å². The monoisotopic (exact) mass is 363 g/mol. The summed E-state index contributed by atoms with van der Waals surface area (Å²) >= 11 is 0. The first-order chi connectivity index (χ1) is 13.1. The highest BCUT2D eigenvalue weighted by Gasteiger charge is 2.25. The number of hydrazone groups is 1. The SMILES string of the molecule is CC(=NNC(=O)CC1N=C(Cc2ccccc2)NNC1=O)c1ccccc1. The van der Waals surface area contributed by atoms with Crippen LogP contribution in [0, 0.1) is 0 Å². The van der Waals surface area contributed by atoms with Crippen molar-refractivity contribution in [3.05, 3.63) is 71.8 Å². The van der Waals surface area contributed by atoms with E-state index >= 15 is 0 Å². The molecule has 0 fully saturated rings. The van der Waals surface area contributed by atoms with Gasteiger partial charge in [0.1, 0.15) is 11.9 Å². The van der Waals surface area contributed by atoms with Gasteiger partial charge in [0.15, 0.2) is 0 Å². The van der Waals surface area contributed by atoms with Crippen LogP contribution in [0.2, 0.25) is 0 Å². The van der Waals surface area contributed by atoms with Crippen LogP contribution in [0.25, 0.3) is 0 Å². The lowest BCUT2D eigenvalue weighted by Crippen LogP contribution is -2.52. The quantitative estimate of drug-likeness (QED) is 0.537. The van der Waals surface area contributed by atoms with Crippen LogP contribution in [-0.2, 0) is 16.0 Å². The van der Waals surface area contributed by atoms with Crippen molar-refractivity contribution >= 4 is 23.4 Å². The van der Waals surface area contributed by atoms with E-state index in [1.807, 2.05) is 67.6 Å². The van der Waals surface area contributed by atoms with E-state index in [0.717, 1.165) is 11.1 Å². The van der Waals surface area contributed by atoms with E-state index in [9.17, 15) is 9.59 Å². The van der Waals surface area contributed by atoms with E-state index in [0.29, 0.717) is 18.0 Å². The van der Waals surface area contributed by atoms with Crippen molar-refractivity contribution in [1.82, 2.24) is 16.3 Å². The molecule has 7 nitrogen and oxygen atoms in total. The normalized spacial score (nSPS) is 16.8. The van der Waals surface area contributed by atoms with Crippen LogP contribution in [0.15, 0.2) is 70.8 Å². The Bertz CT molecular complexity index is 862. The van der Waals surface area contributed by atoms with Gasteiger partial charge in [-0.25, -0.2) is 5.43 Å². The fraction of sp³-hybridized carbons (Fsp3) is 0.200. The molecule has 1 unspecified atom stereocenters.